The normalized spacial score (nSPS) is 10.1. The fourth-order valence-electron chi connectivity index (χ4n) is 0.361. The molecule has 2 N–H and O–H groups in total. The van der Waals surface area contributed by atoms with E-state index in [9.17, 15) is 0 Å². The van der Waals surface area contributed by atoms with Gasteiger partial charge < -0.3 is 14.7 Å². The molecule has 0 aromatic carbocycles. The van der Waals surface area contributed by atoms with Crippen LogP contribution >= 0.6 is 0 Å². The number of hydrogen-bond acceptors (Lipinski definition) is 3. The molecule has 0 aromatic rings. The predicted octanol–water partition coefficient (Wildman–Crippen LogP) is 0.286. The SMILES string of the molecule is CCC/C=C/OB(O)O. The Morgan fingerprint density at radius 3 is 2.67 bits per heavy atom. The largest absolute Gasteiger partial charge is 0.707 e. The summed E-state index contributed by atoms with van der Waals surface area (Å²) < 4.78 is 4.27. The summed E-state index contributed by atoms with van der Waals surface area (Å²) >= 11 is 0. The van der Waals surface area contributed by atoms with Crippen molar-refractivity contribution < 1.29 is 14.7 Å². The second kappa shape index (κ2) is 5.66. The van der Waals surface area contributed by atoms with Gasteiger partial charge in [-0.25, -0.2) is 0 Å². The van der Waals surface area contributed by atoms with Gasteiger partial charge in [0.25, 0.3) is 0 Å². The lowest BCUT2D eigenvalue weighted by Gasteiger charge is -1.93. The molecule has 0 heterocycles. The van der Waals surface area contributed by atoms with Gasteiger partial charge in [-0.05, 0) is 6.42 Å². The molecule has 0 atom stereocenters. The number of rotatable bonds is 4. The number of unbranched alkanes of at least 4 members (excludes halogenated alkanes) is 1. The van der Waals surface area contributed by atoms with Gasteiger partial charge in [-0.3, -0.25) is 0 Å². The lowest BCUT2D eigenvalue weighted by Crippen LogP contribution is -2.12. The van der Waals surface area contributed by atoms with Crippen LogP contribution in [0, 0.1) is 0 Å². The Bertz CT molecular complexity index is 82.3. The average Bonchev–Trinajstić information content (AvgIpc) is 1.80. The lowest BCUT2D eigenvalue weighted by molar-refractivity contribution is 0.257. The van der Waals surface area contributed by atoms with Crippen LogP contribution in [0.1, 0.15) is 19.8 Å². The first kappa shape index (κ1) is 8.52. The molecule has 4 heteroatoms. The van der Waals surface area contributed by atoms with Crippen LogP contribution in [0.2, 0.25) is 0 Å². The second-order valence-electron chi connectivity index (χ2n) is 1.62. The van der Waals surface area contributed by atoms with Gasteiger partial charge in [-0.2, -0.15) is 0 Å². The average molecular weight is 130 g/mol. The molecular weight excluding hydrogens is 119 g/mol. The molecule has 0 saturated carbocycles. The number of hydrogen-bond donors (Lipinski definition) is 2. The fraction of sp³-hybridized carbons (Fsp3) is 0.600. The van der Waals surface area contributed by atoms with E-state index in [1.165, 1.54) is 6.26 Å². The predicted molar refractivity (Wildman–Crippen MR) is 35.3 cm³/mol. The first-order valence-electron chi connectivity index (χ1n) is 2.94. The minimum atomic E-state index is -1.68. The van der Waals surface area contributed by atoms with Crippen molar-refractivity contribution in [3.63, 3.8) is 0 Å². The lowest BCUT2D eigenvalue weighted by atomic mass is 10.3. The maximum Gasteiger partial charge on any atom is 0.707 e. The third kappa shape index (κ3) is 7.52. The van der Waals surface area contributed by atoms with Crippen molar-refractivity contribution in [3.05, 3.63) is 12.3 Å². The minimum Gasteiger partial charge on any atom is -0.519 e. The summed E-state index contributed by atoms with van der Waals surface area (Å²) in [5.74, 6) is 0. The summed E-state index contributed by atoms with van der Waals surface area (Å²) in [6, 6.07) is 0. The van der Waals surface area contributed by atoms with Crippen molar-refractivity contribution in [1.29, 1.82) is 0 Å². The van der Waals surface area contributed by atoms with Crippen LogP contribution in [0.5, 0.6) is 0 Å². The van der Waals surface area contributed by atoms with E-state index >= 15 is 0 Å². The molecule has 0 fully saturated rings. The molecule has 0 bridgehead atoms. The molecule has 0 spiro atoms. The van der Waals surface area contributed by atoms with Gasteiger partial charge in [-0.1, -0.05) is 19.4 Å². The maximum atomic E-state index is 8.13. The minimum absolute atomic E-state index is 0.896. The van der Waals surface area contributed by atoms with Crippen LogP contribution in [-0.2, 0) is 4.65 Å². The highest BCUT2D eigenvalue weighted by Gasteiger charge is 2.05. The topological polar surface area (TPSA) is 49.7 Å². The van der Waals surface area contributed by atoms with Crippen LogP contribution < -0.4 is 0 Å². The Kier molecular flexibility index (Phi) is 5.36. The Labute approximate surface area is 55.1 Å². The Morgan fingerprint density at radius 2 is 2.22 bits per heavy atom. The van der Waals surface area contributed by atoms with Gasteiger partial charge in [0.05, 0.1) is 6.26 Å². The van der Waals surface area contributed by atoms with Crippen LogP contribution in [0.3, 0.4) is 0 Å². The molecule has 3 nitrogen and oxygen atoms in total. The zero-order valence-corrected chi connectivity index (χ0v) is 5.45. The highest BCUT2D eigenvalue weighted by Crippen LogP contribution is 1.88. The van der Waals surface area contributed by atoms with Crippen LogP contribution in [0.25, 0.3) is 0 Å². The van der Waals surface area contributed by atoms with Gasteiger partial charge >= 0.3 is 7.32 Å². The summed E-state index contributed by atoms with van der Waals surface area (Å²) in [7, 11) is -1.68. The third-order valence-corrected chi connectivity index (χ3v) is 0.752. The Hall–Kier alpha value is -0.475. The summed E-state index contributed by atoms with van der Waals surface area (Å²) in [4.78, 5) is 0. The quantitative estimate of drug-likeness (QED) is 0.424. The van der Waals surface area contributed by atoms with Crippen molar-refractivity contribution in [2.75, 3.05) is 0 Å². The molecule has 0 aliphatic heterocycles. The van der Waals surface area contributed by atoms with Crippen molar-refractivity contribution >= 4 is 7.32 Å². The van der Waals surface area contributed by atoms with E-state index in [4.69, 9.17) is 10.0 Å². The molecule has 0 unspecified atom stereocenters. The fourth-order valence-corrected chi connectivity index (χ4v) is 0.361. The van der Waals surface area contributed by atoms with Gasteiger partial charge in [0.2, 0.25) is 0 Å². The van der Waals surface area contributed by atoms with E-state index in [1.54, 1.807) is 6.08 Å². The van der Waals surface area contributed by atoms with Crippen LogP contribution in [0.15, 0.2) is 12.3 Å². The maximum absolute atomic E-state index is 8.13. The molecule has 0 aliphatic carbocycles. The van der Waals surface area contributed by atoms with Gasteiger partial charge in [-0.15, -0.1) is 0 Å². The molecule has 0 saturated heterocycles. The van der Waals surface area contributed by atoms with Crippen molar-refractivity contribution in [2.45, 2.75) is 19.8 Å². The first-order valence-corrected chi connectivity index (χ1v) is 2.94. The molecule has 0 aliphatic rings. The van der Waals surface area contributed by atoms with E-state index in [1.807, 2.05) is 6.92 Å². The van der Waals surface area contributed by atoms with E-state index in [0.29, 0.717) is 0 Å². The molecule has 0 aromatic heterocycles. The van der Waals surface area contributed by atoms with Gasteiger partial charge in [0.1, 0.15) is 0 Å². The monoisotopic (exact) mass is 130 g/mol. The summed E-state index contributed by atoms with van der Waals surface area (Å²) in [6.45, 7) is 2.03. The Balaban J connectivity index is 3.04. The Morgan fingerprint density at radius 1 is 1.56 bits per heavy atom. The van der Waals surface area contributed by atoms with Crippen molar-refractivity contribution in [1.82, 2.24) is 0 Å². The standard InChI is InChI=1S/C5H11BO3/c1-2-3-4-5-9-6(7)8/h4-5,7-8H,2-3H2,1H3/b5-4+. The zero-order chi connectivity index (χ0) is 7.11. The molecule has 0 amide bonds. The van der Waals surface area contributed by atoms with Crippen molar-refractivity contribution in [2.24, 2.45) is 0 Å². The van der Waals surface area contributed by atoms with Crippen LogP contribution in [0.4, 0.5) is 0 Å². The molecular formula is C5H11BO3. The molecule has 0 rings (SSSR count). The van der Waals surface area contributed by atoms with Gasteiger partial charge in [0.15, 0.2) is 0 Å². The van der Waals surface area contributed by atoms with E-state index in [-0.39, 0.29) is 0 Å². The molecule has 9 heavy (non-hydrogen) atoms. The summed E-state index contributed by atoms with van der Waals surface area (Å²) in [6.07, 6.45) is 4.95. The van der Waals surface area contributed by atoms with E-state index in [0.717, 1.165) is 12.8 Å². The highest BCUT2D eigenvalue weighted by atomic mass is 16.6. The van der Waals surface area contributed by atoms with Crippen molar-refractivity contribution in [3.8, 4) is 0 Å². The van der Waals surface area contributed by atoms with Crippen LogP contribution in [-0.4, -0.2) is 17.4 Å². The van der Waals surface area contributed by atoms with E-state index in [2.05, 4.69) is 4.65 Å². The first-order chi connectivity index (χ1) is 4.27. The smallest absolute Gasteiger partial charge is 0.519 e. The summed E-state index contributed by atoms with van der Waals surface area (Å²) in [5.41, 5.74) is 0. The number of allylic oxidation sites excluding steroid dienone is 1. The summed E-state index contributed by atoms with van der Waals surface area (Å²) in [5, 5.41) is 16.3. The molecule has 52 valence electrons. The molecule has 0 radical (unpaired) electrons. The zero-order valence-electron chi connectivity index (χ0n) is 5.45. The van der Waals surface area contributed by atoms with E-state index < -0.39 is 7.32 Å². The highest BCUT2D eigenvalue weighted by molar-refractivity contribution is 6.32. The van der Waals surface area contributed by atoms with Gasteiger partial charge in [0, 0.05) is 0 Å². The second-order valence-corrected chi connectivity index (χ2v) is 1.62. The third-order valence-electron chi connectivity index (χ3n) is 0.752.